The second kappa shape index (κ2) is 10.6. The van der Waals surface area contributed by atoms with E-state index in [0.717, 1.165) is 0 Å². The van der Waals surface area contributed by atoms with Gasteiger partial charge in [0.1, 0.15) is 17.3 Å². The normalized spacial score (nSPS) is 10.4. The van der Waals surface area contributed by atoms with Crippen LogP contribution < -0.4 is 40.3 Å². The van der Waals surface area contributed by atoms with Gasteiger partial charge in [-0.15, -0.1) is 11.8 Å². The van der Waals surface area contributed by atoms with Crippen LogP contribution in [0.1, 0.15) is 0 Å². The maximum absolute atomic E-state index is 14.0. The Morgan fingerprint density at radius 1 is 1.16 bits per heavy atom. The van der Waals surface area contributed by atoms with Gasteiger partial charge in [-0.3, -0.25) is 4.79 Å². The van der Waals surface area contributed by atoms with E-state index in [1.807, 2.05) is 12.5 Å². The molecule has 2 aromatic carbocycles. The predicted molar refractivity (Wildman–Crippen MR) is 118 cm³/mol. The minimum absolute atomic E-state index is 0. The molecule has 4 aromatic rings. The third-order valence-electron chi connectivity index (χ3n) is 4.54. The summed E-state index contributed by atoms with van der Waals surface area (Å²) in [5, 5.41) is 4.18. The van der Waals surface area contributed by atoms with Gasteiger partial charge in [0.05, 0.1) is 26.5 Å². The smallest absolute Gasteiger partial charge is 0.870 e. The zero-order valence-electron chi connectivity index (χ0n) is 16.6. The molecular formula is C21H15ClFN3NaO3S-. The molecule has 0 radical (unpaired) electrons. The second-order valence-electron chi connectivity index (χ2n) is 6.21. The Hall–Kier alpha value is -1.94. The number of benzene rings is 2. The second-order valence-corrected chi connectivity index (χ2v) is 7.43. The molecular weight excluding hydrogens is 452 g/mol. The molecule has 0 aliphatic carbocycles. The first-order chi connectivity index (χ1) is 14.0. The number of hydrogen-bond acceptors (Lipinski definition) is 6. The molecule has 0 fully saturated rings. The Labute approximate surface area is 208 Å². The summed E-state index contributed by atoms with van der Waals surface area (Å²) < 4.78 is 15.6. The maximum Gasteiger partial charge on any atom is 1.00 e. The van der Waals surface area contributed by atoms with E-state index in [2.05, 4.69) is 10.3 Å². The first-order valence-electron chi connectivity index (χ1n) is 8.61. The summed E-state index contributed by atoms with van der Waals surface area (Å²) >= 11 is 7.70. The van der Waals surface area contributed by atoms with Gasteiger partial charge in [-0.05, 0) is 42.7 Å². The van der Waals surface area contributed by atoms with Crippen molar-refractivity contribution < 1.29 is 44.2 Å². The summed E-state index contributed by atoms with van der Waals surface area (Å²) in [6, 6.07) is 12.7. The van der Waals surface area contributed by atoms with Crippen LogP contribution in [-0.2, 0) is 11.3 Å². The van der Waals surface area contributed by atoms with Crippen LogP contribution in [0.3, 0.4) is 0 Å². The average Bonchev–Trinajstić information content (AvgIpc) is 2.72. The largest absolute Gasteiger partial charge is 1.00 e. The average molecular weight is 467 g/mol. The molecule has 2 heterocycles. The molecule has 4 rings (SSSR count). The van der Waals surface area contributed by atoms with Crippen molar-refractivity contribution in [1.29, 1.82) is 0 Å². The maximum atomic E-state index is 14.0. The molecule has 10 heteroatoms. The van der Waals surface area contributed by atoms with Crippen molar-refractivity contribution in [3.63, 3.8) is 0 Å². The summed E-state index contributed by atoms with van der Waals surface area (Å²) in [6.07, 6.45) is 3.72. The van der Waals surface area contributed by atoms with Gasteiger partial charge in [-0.1, -0.05) is 30.3 Å². The number of pyridine rings is 2. The van der Waals surface area contributed by atoms with E-state index in [9.17, 15) is 14.0 Å². The fourth-order valence-electron chi connectivity index (χ4n) is 3.26. The third kappa shape index (κ3) is 4.64. The molecule has 0 spiro atoms. The van der Waals surface area contributed by atoms with Crippen molar-refractivity contribution in [2.75, 3.05) is 11.6 Å². The van der Waals surface area contributed by atoms with Crippen molar-refractivity contribution in [3.05, 3.63) is 69.6 Å². The molecule has 154 valence electrons. The molecule has 6 nitrogen and oxygen atoms in total. The van der Waals surface area contributed by atoms with Crippen LogP contribution in [0.2, 0.25) is 5.02 Å². The third-order valence-corrected chi connectivity index (χ3v) is 5.79. The zero-order valence-corrected chi connectivity index (χ0v) is 20.2. The predicted octanol–water partition coefficient (Wildman–Crippen LogP) is 1.74. The van der Waals surface area contributed by atoms with Crippen LogP contribution in [0.4, 0.5) is 15.9 Å². The number of thioether (sulfide) groups is 1. The number of nitrogens with one attached hydrogen (secondary N) is 1. The molecule has 0 saturated heterocycles. The van der Waals surface area contributed by atoms with Gasteiger partial charge in [0.25, 0.3) is 0 Å². The summed E-state index contributed by atoms with van der Waals surface area (Å²) in [6.45, 7) is -0.128. The van der Waals surface area contributed by atoms with E-state index in [1.165, 1.54) is 17.8 Å². The number of halogens is 2. The SMILES string of the molecule is CSc1c(Cl)ccc2c(=O)c3ccc(Nc4ccccc4F)nc3n(C[C-]=O)c12.[Na+].[OH-]. The quantitative estimate of drug-likeness (QED) is 0.208. The van der Waals surface area contributed by atoms with Crippen LogP contribution >= 0.6 is 23.4 Å². The first-order valence-corrected chi connectivity index (χ1v) is 10.2. The van der Waals surface area contributed by atoms with Crippen molar-refractivity contribution in [3.8, 4) is 0 Å². The van der Waals surface area contributed by atoms with Crippen molar-refractivity contribution in [2.45, 2.75) is 11.4 Å². The van der Waals surface area contributed by atoms with E-state index in [0.29, 0.717) is 37.7 Å². The van der Waals surface area contributed by atoms with Crippen molar-refractivity contribution >= 4 is 63.1 Å². The number of carbonyl (C=O) groups excluding carboxylic acids is 1. The summed E-state index contributed by atoms with van der Waals surface area (Å²) in [5.41, 5.74) is 0.865. The van der Waals surface area contributed by atoms with Crippen LogP contribution in [0.5, 0.6) is 0 Å². The number of para-hydroxylation sites is 1. The number of hydrogen-bond donors (Lipinski definition) is 1. The van der Waals surface area contributed by atoms with Gasteiger partial charge in [-0.25, -0.2) is 15.7 Å². The van der Waals surface area contributed by atoms with Gasteiger partial charge in [0.15, 0.2) is 5.43 Å². The fourth-order valence-corrected chi connectivity index (χ4v) is 4.32. The molecule has 2 N–H and O–H groups in total. The molecule has 0 aliphatic rings. The number of aromatic nitrogens is 2. The van der Waals surface area contributed by atoms with Crippen molar-refractivity contribution in [2.24, 2.45) is 0 Å². The van der Waals surface area contributed by atoms with Crippen LogP contribution in [0, 0.1) is 5.82 Å². The van der Waals surface area contributed by atoms with E-state index < -0.39 is 5.82 Å². The van der Waals surface area contributed by atoms with Crippen LogP contribution in [-0.4, -0.2) is 27.6 Å². The standard InChI is InChI=1S/C21H14ClFN3O2S.Na.H2O/c1-29-20-14(22)8-6-12-18(20)26(10-11-27)21-13(19(12)28)7-9-17(25-21)24-16-5-3-2-4-15(16)23;;/h2-9H,10H2,1H3,(H,24,25);;1H2/q-1;+1;/p-1. The monoisotopic (exact) mass is 466 g/mol. The molecule has 2 aromatic heterocycles. The van der Waals surface area contributed by atoms with E-state index in [-0.39, 0.29) is 52.7 Å². The number of fused-ring (bicyclic) bond motifs is 2. The molecule has 0 atom stereocenters. The number of anilines is 2. The Kier molecular flexibility index (Phi) is 8.65. The summed E-state index contributed by atoms with van der Waals surface area (Å²) in [4.78, 5) is 29.5. The molecule has 0 aliphatic heterocycles. The molecule has 0 unspecified atom stereocenters. The van der Waals surface area contributed by atoms with E-state index in [4.69, 9.17) is 11.6 Å². The molecule has 0 amide bonds. The molecule has 0 bridgehead atoms. The summed E-state index contributed by atoms with van der Waals surface area (Å²) in [7, 11) is 0. The Balaban J connectivity index is 0.00000171. The van der Waals surface area contributed by atoms with Gasteiger partial charge >= 0.3 is 29.6 Å². The first kappa shape index (κ1) is 25.3. The number of nitrogens with zero attached hydrogens (tertiary/aromatic N) is 2. The van der Waals surface area contributed by atoms with Crippen LogP contribution in [0.25, 0.3) is 21.9 Å². The van der Waals surface area contributed by atoms with Gasteiger partial charge in [0.2, 0.25) is 0 Å². The minimum Gasteiger partial charge on any atom is -0.870 e. The van der Waals surface area contributed by atoms with Gasteiger partial charge in [-0.2, -0.15) is 0 Å². The Morgan fingerprint density at radius 3 is 2.55 bits per heavy atom. The van der Waals surface area contributed by atoms with Crippen LogP contribution in [0.15, 0.2) is 58.2 Å². The van der Waals surface area contributed by atoms with Crippen molar-refractivity contribution in [1.82, 2.24) is 9.55 Å². The topological polar surface area (TPSA) is 94.0 Å². The molecule has 0 saturated carbocycles. The zero-order chi connectivity index (χ0) is 20.5. The summed E-state index contributed by atoms with van der Waals surface area (Å²) in [5.74, 6) is -0.0864. The Morgan fingerprint density at radius 2 is 1.87 bits per heavy atom. The Bertz CT molecular complexity index is 1330. The van der Waals surface area contributed by atoms with E-state index >= 15 is 0 Å². The van der Waals surface area contributed by atoms with Gasteiger partial charge in [0, 0.05) is 5.39 Å². The fraction of sp³-hybridized carbons (Fsp3) is 0.0952. The van der Waals surface area contributed by atoms with E-state index in [1.54, 1.807) is 47.0 Å². The number of rotatable bonds is 5. The minimum atomic E-state index is -0.428. The van der Waals surface area contributed by atoms with Gasteiger partial charge < -0.3 is 20.2 Å². The molecule has 31 heavy (non-hydrogen) atoms.